The van der Waals surface area contributed by atoms with Gasteiger partial charge < -0.3 is 14.4 Å². The van der Waals surface area contributed by atoms with Gasteiger partial charge in [0.25, 0.3) is 10.0 Å². The number of fused-ring (bicyclic) bond motifs is 2. The highest BCUT2D eigenvalue weighted by molar-refractivity contribution is 7.92. The lowest BCUT2D eigenvalue weighted by Crippen LogP contribution is -2.35. The van der Waals surface area contributed by atoms with E-state index in [9.17, 15) is 8.42 Å². The summed E-state index contributed by atoms with van der Waals surface area (Å²) in [5, 5.41) is 0. The average Bonchev–Trinajstić information content (AvgIpc) is 3.21. The lowest BCUT2D eigenvalue weighted by Gasteiger charge is -2.21. The van der Waals surface area contributed by atoms with Crippen LogP contribution in [-0.4, -0.2) is 39.3 Å². The molecule has 0 atom stereocenters. The first kappa shape index (κ1) is 21.0. The van der Waals surface area contributed by atoms with E-state index in [0.29, 0.717) is 35.0 Å². The Morgan fingerprint density at radius 1 is 0.788 bits per heavy atom. The second kappa shape index (κ2) is 8.25. The van der Waals surface area contributed by atoms with Crippen molar-refractivity contribution in [1.29, 1.82) is 0 Å². The molecule has 0 saturated carbocycles. The average molecular weight is 463 g/mol. The van der Waals surface area contributed by atoms with Gasteiger partial charge in [0.1, 0.15) is 18.2 Å². The zero-order valence-electron chi connectivity index (χ0n) is 18.2. The zero-order chi connectivity index (χ0) is 23.0. The molecule has 0 amide bonds. The van der Waals surface area contributed by atoms with Gasteiger partial charge in [-0.1, -0.05) is 24.3 Å². The summed E-state index contributed by atoms with van der Waals surface area (Å²) in [4.78, 5) is 11.5. The second-order valence-corrected chi connectivity index (χ2v) is 9.44. The van der Waals surface area contributed by atoms with Crippen LogP contribution >= 0.6 is 0 Å². The first-order chi connectivity index (χ1) is 16.0. The van der Waals surface area contributed by atoms with Crippen molar-refractivity contribution < 1.29 is 17.9 Å². The predicted molar refractivity (Wildman–Crippen MR) is 126 cm³/mol. The lowest BCUT2D eigenvalue weighted by atomic mass is 10.2. The number of hydrogen-bond acceptors (Lipinski definition) is 7. The Kier molecular flexibility index (Phi) is 5.26. The van der Waals surface area contributed by atoms with E-state index >= 15 is 0 Å². The highest BCUT2D eigenvalue weighted by Crippen LogP contribution is 2.38. The Hall–Kier alpha value is -3.85. The van der Waals surface area contributed by atoms with Crippen LogP contribution in [0.25, 0.3) is 11.0 Å². The Bertz CT molecular complexity index is 1410. The Labute approximate surface area is 192 Å². The third kappa shape index (κ3) is 3.80. The van der Waals surface area contributed by atoms with Crippen LogP contribution in [0.15, 0.2) is 77.7 Å². The first-order valence-electron chi connectivity index (χ1n) is 10.3. The van der Waals surface area contributed by atoms with Crippen LogP contribution in [0.4, 0.5) is 11.6 Å². The van der Waals surface area contributed by atoms with Crippen molar-refractivity contribution in [3.8, 4) is 11.5 Å². The molecular weight excluding hydrogens is 440 g/mol. The van der Waals surface area contributed by atoms with E-state index < -0.39 is 10.0 Å². The predicted octanol–water partition coefficient (Wildman–Crippen LogP) is 3.82. The highest BCUT2D eigenvalue weighted by atomic mass is 32.2. The SMILES string of the molecule is COc1ccc(CN2CN(S(=O)(=O)c3ccc(OC)cc3)c3nc4ccccc4nc32)cc1. The Balaban J connectivity index is 1.57. The fraction of sp³-hybridized carbons (Fsp3) is 0.167. The summed E-state index contributed by atoms with van der Waals surface area (Å²) in [6.07, 6.45) is 0. The minimum Gasteiger partial charge on any atom is -0.497 e. The molecule has 0 fully saturated rings. The van der Waals surface area contributed by atoms with E-state index in [1.54, 1.807) is 19.2 Å². The first-order valence-corrected chi connectivity index (χ1v) is 11.7. The molecule has 168 valence electrons. The number of hydrogen-bond donors (Lipinski definition) is 0. The van der Waals surface area contributed by atoms with Crippen molar-refractivity contribution >= 4 is 32.7 Å². The number of anilines is 2. The zero-order valence-corrected chi connectivity index (χ0v) is 19.0. The van der Waals surface area contributed by atoms with Crippen molar-refractivity contribution in [2.24, 2.45) is 0 Å². The summed E-state index contributed by atoms with van der Waals surface area (Å²) in [5.74, 6) is 2.19. The molecule has 2 heterocycles. The maximum atomic E-state index is 13.6. The summed E-state index contributed by atoms with van der Waals surface area (Å²) in [7, 11) is -0.709. The number of rotatable bonds is 6. The summed E-state index contributed by atoms with van der Waals surface area (Å²) in [6, 6.07) is 21.4. The molecule has 9 heteroatoms. The van der Waals surface area contributed by atoms with Crippen LogP contribution in [0.2, 0.25) is 0 Å². The van der Waals surface area contributed by atoms with Gasteiger partial charge in [-0.3, -0.25) is 0 Å². The fourth-order valence-corrected chi connectivity index (χ4v) is 5.17. The molecule has 0 aliphatic carbocycles. The van der Waals surface area contributed by atoms with Crippen molar-refractivity contribution in [1.82, 2.24) is 9.97 Å². The van der Waals surface area contributed by atoms with Gasteiger partial charge >= 0.3 is 0 Å². The number of para-hydroxylation sites is 2. The lowest BCUT2D eigenvalue weighted by molar-refractivity contribution is 0.414. The van der Waals surface area contributed by atoms with Crippen LogP contribution in [0, 0.1) is 0 Å². The van der Waals surface area contributed by atoms with Gasteiger partial charge in [0.2, 0.25) is 0 Å². The van der Waals surface area contributed by atoms with E-state index in [4.69, 9.17) is 14.5 Å². The molecule has 1 aromatic heterocycles. The van der Waals surface area contributed by atoms with Crippen molar-refractivity contribution in [3.05, 3.63) is 78.4 Å². The van der Waals surface area contributed by atoms with E-state index in [-0.39, 0.29) is 11.6 Å². The van der Waals surface area contributed by atoms with E-state index in [1.807, 2.05) is 53.4 Å². The monoisotopic (exact) mass is 462 g/mol. The summed E-state index contributed by atoms with van der Waals surface area (Å²) in [6.45, 7) is 0.574. The third-order valence-corrected chi connectivity index (χ3v) is 7.29. The van der Waals surface area contributed by atoms with Gasteiger partial charge in [-0.15, -0.1) is 0 Å². The van der Waals surface area contributed by atoms with E-state index in [0.717, 1.165) is 11.3 Å². The number of nitrogens with zero attached hydrogens (tertiary/aromatic N) is 4. The molecule has 0 bridgehead atoms. The number of benzene rings is 3. The van der Waals surface area contributed by atoms with Crippen LogP contribution in [0.5, 0.6) is 11.5 Å². The molecule has 0 spiro atoms. The molecule has 1 aliphatic rings. The van der Waals surface area contributed by atoms with Gasteiger partial charge in [-0.25, -0.2) is 22.7 Å². The van der Waals surface area contributed by atoms with Crippen molar-refractivity contribution in [3.63, 3.8) is 0 Å². The second-order valence-electron chi connectivity index (χ2n) is 7.58. The van der Waals surface area contributed by atoms with Crippen LogP contribution in [-0.2, 0) is 16.6 Å². The molecule has 4 aromatic rings. The summed E-state index contributed by atoms with van der Waals surface area (Å²) in [5.41, 5.74) is 2.34. The molecule has 0 radical (unpaired) electrons. The minimum atomic E-state index is -3.87. The topological polar surface area (TPSA) is 84.9 Å². The number of ether oxygens (including phenoxy) is 2. The van der Waals surface area contributed by atoms with Crippen LogP contribution in [0.1, 0.15) is 5.56 Å². The number of aromatic nitrogens is 2. The Morgan fingerprint density at radius 2 is 1.33 bits per heavy atom. The van der Waals surface area contributed by atoms with Gasteiger partial charge in [0.15, 0.2) is 11.6 Å². The Morgan fingerprint density at radius 3 is 1.91 bits per heavy atom. The smallest absolute Gasteiger partial charge is 0.267 e. The highest BCUT2D eigenvalue weighted by Gasteiger charge is 2.38. The minimum absolute atomic E-state index is 0.103. The van der Waals surface area contributed by atoms with E-state index in [2.05, 4.69) is 4.98 Å². The standard InChI is InChI=1S/C24H22N4O4S/c1-31-18-9-7-17(8-10-18)15-27-16-28(33(29,30)20-13-11-19(32-2)12-14-20)24-23(27)25-21-5-3-4-6-22(21)26-24/h3-14H,15-16H2,1-2H3. The van der Waals surface area contributed by atoms with Gasteiger partial charge in [-0.05, 0) is 54.1 Å². The normalized spacial score (nSPS) is 13.3. The van der Waals surface area contributed by atoms with Gasteiger partial charge in [0, 0.05) is 6.54 Å². The molecule has 1 aliphatic heterocycles. The maximum absolute atomic E-state index is 13.6. The molecule has 5 rings (SSSR count). The molecule has 0 N–H and O–H groups in total. The van der Waals surface area contributed by atoms with E-state index in [1.165, 1.54) is 23.5 Å². The largest absolute Gasteiger partial charge is 0.497 e. The van der Waals surface area contributed by atoms with Crippen molar-refractivity contribution in [2.75, 3.05) is 30.1 Å². The fourth-order valence-electron chi connectivity index (χ4n) is 3.79. The molecule has 0 unspecified atom stereocenters. The number of sulfonamides is 1. The summed E-state index contributed by atoms with van der Waals surface area (Å²) < 4.78 is 38.9. The van der Waals surface area contributed by atoms with Crippen LogP contribution in [0.3, 0.4) is 0 Å². The maximum Gasteiger partial charge on any atom is 0.267 e. The quantitative estimate of drug-likeness (QED) is 0.431. The summed E-state index contributed by atoms with van der Waals surface area (Å²) >= 11 is 0. The van der Waals surface area contributed by atoms with Crippen molar-refractivity contribution in [2.45, 2.75) is 11.4 Å². The molecular formula is C24H22N4O4S. The molecule has 8 nitrogen and oxygen atoms in total. The molecule has 3 aromatic carbocycles. The van der Waals surface area contributed by atoms with Gasteiger partial charge in [-0.2, -0.15) is 0 Å². The third-order valence-electron chi connectivity index (χ3n) is 5.55. The molecule has 0 saturated heterocycles. The van der Waals surface area contributed by atoms with Crippen LogP contribution < -0.4 is 18.7 Å². The number of methoxy groups -OCH3 is 2. The van der Waals surface area contributed by atoms with Gasteiger partial charge in [0.05, 0.1) is 30.1 Å². The molecule has 33 heavy (non-hydrogen) atoms.